The maximum absolute atomic E-state index is 15.4. The van der Waals surface area contributed by atoms with Gasteiger partial charge in [0, 0.05) is 23.2 Å². The lowest BCUT2D eigenvalue weighted by molar-refractivity contribution is 0.0596. The first kappa shape index (κ1) is 18.6. The van der Waals surface area contributed by atoms with Crippen LogP contribution in [0.15, 0.2) is 59.7 Å². The molecule has 0 aliphatic carbocycles. The van der Waals surface area contributed by atoms with Crippen LogP contribution in [0, 0.1) is 5.82 Å². The number of pyridine rings is 2. The third kappa shape index (κ3) is 3.10. The molecule has 0 bridgehead atoms. The van der Waals surface area contributed by atoms with Crippen molar-refractivity contribution in [2.24, 2.45) is 0 Å². The van der Waals surface area contributed by atoms with Crippen molar-refractivity contribution in [3.8, 4) is 5.75 Å². The molecule has 0 saturated heterocycles. The van der Waals surface area contributed by atoms with Crippen molar-refractivity contribution in [2.45, 2.75) is 6.54 Å². The van der Waals surface area contributed by atoms with Crippen molar-refractivity contribution in [2.75, 3.05) is 14.2 Å². The average Bonchev–Trinajstić information content (AvgIpc) is 2.76. The summed E-state index contributed by atoms with van der Waals surface area (Å²) in [6.07, 6.45) is 3.04. The fourth-order valence-electron chi connectivity index (χ4n) is 3.42. The van der Waals surface area contributed by atoms with Gasteiger partial charge in [-0.2, -0.15) is 0 Å². The van der Waals surface area contributed by atoms with Crippen molar-refractivity contribution >= 4 is 27.6 Å². The van der Waals surface area contributed by atoms with E-state index in [-0.39, 0.29) is 23.2 Å². The Morgan fingerprint density at radius 3 is 2.48 bits per heavy atom. The normalized spacial score (nSPS) is 11.0. The monoisotopic (exact) mass is 392 g/mol. The first-order valence-corrected chi connectivity index (χ1v) is 8.85. The Kier molecular flexibility index (Phi) is 4.72. The SMILES string of the molecule is COC(=O)c1ccc2c3cnccc3c(=O)n(Cc3ccc(OC)cc3)c2c1F. The Morgan fingerprint density at radius 2 is 1.79 bits per heavy atom. The quantitative estimate of drug-likeness (QED) is 0.393. The molecule has 4 aromatic rings. The minimum atomic E-state index is -0.806. The molecule has 0 aliphatic heterocycles. The average molecular weight is 392 g/mol. The van der Waals surface area contributed by atoms with E-state index in [2.05, 4.69) is 9.72 Å². The summed E-state index contributed by atoms with van der Waals surface area (Å²) in [7, 11) is 2.74. The Morgan fingerprint density at radius 1 is 1.03 bits per heavy atom. The van der Waals surface area contributed by atoms with Crippen molar-refractivity contribution in [1.82, 2.24) is 9.55 Å². The van der Waals surface area contributed by atoms with Gasteiger partial charge in [0.15, 0.2) is 5.82 Å². The van der Waals surface area contributed by atoms with Crippen LogP contribution >= 0.6 is 0 Å². The number of rotatable bonds is 4. The highest BCUT2D eigenvalue weighted by Crippen LogP contribution is 2.27. The Balaban J connectivity index is 2.04. The van der Waals surface area contributed by atoms with Gasteiger partial charge in [-0.25, -0.2) is 9.18 Å². The molecule has 146 valence electrons. The van der Waals surface area contributed by atoms with Crippen LogP contribution in [0.2, 0.25) is 0 Å². The lowest BCUT2D eigenvalue weighted by Gasteiger charge is -2.15. The van der Waals surface area contributed by atoms with E-state index in [1.807, 2.05) is 0 Å². The maximum Gasteiger partial charge on any atom is 0.340 e. The lowest BCUT2D eigenvalue weighted by Crippen LogP contribution is -2.23. The van der Waals surface area contributed by atoms with E-state index < -0.39 is 11.8 Å². The summed E-state index contributed by atoms with van der Waals surface area (Å²) in [5, 5.41) is 1.44. The Labute approximate surface area is 165 Å². The van der Waals surface area contributed by atoms with E-state index in [0.717, 1.165) is 5.56 Å². The molecule has 29 heavy (non-hydrogen) atoms. The van der Waals surface area contributed by atoms with Gasteiger partial charge in [0.2, 0.25) is 0 Å². The molecule has 0 spiro atoms. The number of methoxy groups -OCH3 is 2. The summed E-state index contributed by atoms with van der Waals surface area (Å²) in [5.74, 6) is -0.931. The molecule has 0 unspecified atom stereocenters. The van der Waals surface area contributed by atoms with Gasteiger partial charge in [0.05, 0.1) is 37.2 Å². The summed E-state index contributed by atoms with van der Waals surface area (Å²) in [6, 6.07) is 11.7. The molecule has 7 heteroatoms. The molecular weight excluding hydrogens is 375 g/mol. The van der Waals surface area contributed by atoms with Gasteiger partial charge in [-0.1, -0.05) is 18.2 Å². The van der Waals surface area contributed by atoms with Crippen LogP contribution in [0.4, 0.5) is 4.39 Å². The number of carbonyl (C=O) groups excluding carboxylic acids is 1. The van der Waals surface area contributed by atoms with Gasteiger partial charge < -0.3 is 14.0 Å². The molecule has 0 aliphatic rings. The van der Waals surface area contributed by atoms with Gasteiger partial charge in [-0.05, 0) is 29.8 Å². The van der Waals surface area contributed by atoms with E-state index in [1.54, 1.807) is 43.5 Å². The topological polar surface area (TPSA) is 70.4 Å². The van der Waals surface area contributed by atoms with E-state index >= 15 is 4.39 Å². The molecule has 2 heterocycles. The summed E-state index contributed by atoms with van der Waals surface area (Å²) in [5.41, 5.74) is 0.220. The maximum atomic E-state index is 15.4. The van der Waals surface area contributed by atoms with Crippen LogP contribution in [-0.2, 0) is 11.3 Å². The molecule has 0 amide bonds. The van der Waals surface area contributed by atoms with E-state index in [9.17, 15) is 9.59 Å². The first-order chi connectivity index (χ1) is 14.0. The molecule has 0 radical (unpaired) electrons. The lowest BCUT2D eigenvalue weighted by atomic mass is 10.0. The molecular formula is C22H17FN2O4. The summed E-state index contributed by atoms with van der Waals surface area (Å²) < 4.78 is 26.6. The van der Waals surface area contributed by atoms with Gasteiger partial charge in [-0.15, -0.1) is 0 Å². The van der Waals surface area contributed by atoms with Crippen molar-refractivity contribution in [3.63, 3.8) is 0 Å². The molecule has 6 nitrogen and oxygen atoms in total. The predicted octanol–water partition coefficient (Wildman–Crippen LogP) is 3.53. The highest BCUT2D eigenvalue weighted by Gasteiger charge is 2.21. The second-order valence-electron chi connectivity index (χ2n) is 6.48. The zero-order chi connectivity index (χ0) is 20.5. The minimum absolute atomic E-state index is 0.0363. The molecule has 0 saturated carbocycles. The number of aromatic nitrogens is 2. The Bertz CT molecular complexity index is 1300. The minimum Gasteiger partial charge on any atom is -0.497 e. The summed E-state index contributed by atoms with van der Waals surface area (Å²) in [6.45, 7) is 0.124. The molecule has 0 fully saturated rings. The highest BCUT2D eigenvalue weighted by atomic mass is 19.1. The van der Waals surface area contributed by atoms with Crippen LogP contribution in [0.5, 0.6) is 5.75 Å². The van der Waals surface area contributed by atoms with Crippen LogP contribution in [0.1, 0.15) is 15.9 Å². The summed E-state index contributed by atoms with van der Waals surface area (Å²) >= 11 is 0. The molecule has 2 aromatic heterocycles. The molecule has 2 aromatic carbocycles. The number of esters is 1. The number of fused-ring (bicyclic) bond motifs is 3. The fourth-order valence-corrected chi connectivity index (χ4v) is 3.42. The first-order valence-electron chi connectivity index (χ1n) is 8.85. The van der Waals surface area contributed by atoms with Crippen molar-refractivity contribution in [1.29, 1.82) is 0 Å². The third-order valence-corrected chi connectivity index (χ3v) is 4.88. The predicted molar refractivity (Wildman–Crippen MR) is 107 cm³/mol. The fraction of sp³-hybridized carbons (Fsp3) is 0.136. The number of hydrogen-bond donors (Lipinski definition) is 0. The van der Waals surface area contributed by atoms with E-state index in [1.165, 1.54) is 30.1 Å². The van der Waals surface area contributed by atoms with Crippen LogP contribution in [-0.4, -0.2) is 29.7 Å². The number of halogens is 1. The van der Waals surface area contributed by atoms with Crippen molar-refractivity contribution < 1.29 is 18.7 Å². The molecule has 0 N–H and O–H groups in total. The van der Waals surface area contributed by atoms with E-state index in [0.29, 0.717) is 21.9 Å². The smallest absolute Gasteiger partial charge is 0.340 e. The second-order valence-corrected chi connectivity index (χ2v) is 6.48. The zero-order valence-electron chi connectivity index (χ0n) is 15.8. The van der Waals surface area contributed by atoms with Crippen LogP contribution < -0.4 is 10.3 Å². The number of ether oxygens (including phenoxy) is 2. The van der Waals surface area contributed by atoms with Gasteiger partial charge in [-0.3, -0.25) is 9.78 Å². The zero-order valence-corrected chi connectivity index (χ0v) is 15.8. The molecule has 0 atom stereocenters. The third-order valence-electron chi connectivity index (χ3n) is 4.88. The van der Waals surface area contributed by atoms with E-state index in [4.69, 9.17) is 4.74 Å². The second kappa shape index (κ2) is 7.35. The number of carbonyl (C=O) groups is 1. The largest absolute Gasteiger partial charge is 0.497 e. The summed E-state index contributed by atoms with van der Waals surface area (Å²) in [4.78, 5) is 29.3. The van der Waals surface area contributed by atoms with Crippen molar-refractivity contribution in [3.05, 3.63) is 82.2 Å². The van der Waals surface area contributed by atoms with Gasteiger partial charge >= 0.3 is 5.97 Å². The molecule has 4 rings (SSSR count). The number of hydrogen-bond acceptors (Lipinski definition) is 5. The highest BCUT2D eigenvalue weighted by molar-refractivity contribution is 6.07. The van der Waals surface area contributed by atoms with Crippen LogP contribution in [0.3, 0.4) is 0 Å². The Hall–Kier alpha value is -3.74. The number of nitrogens with zero attached hydrogens (tertiary/aromatic N) is 2. The van der Waals surface area contributed by atoms with Gasteiger partial charge in [0.25, 0.3) is 5.56 Å². The van der Waals surface area contributed by atoms with Crippen LogP contribution in [0.25, 0.3) is 21.7 Å². The number of benzene rings is 2. The standard InChI is InChI=1S/C22H17FN2O4/c1-28-14-5-3-13(4-6-14)12-25-20-15(7-8-17(19(20)23)22(27)29-2)18-11-24-10-9-16(18)21(25)26/h3-11H,12H2,1-2H3. The van der Waals surface area contributed by atoms with Gasteiger partial charge in [0.1, 0.15) is 5.75 Å².